The van der Waals surface area contributed by atoms with E-state index in [2.05, 4.69) is 12.2 Å². The van der Waals surface area contributed by atoms with Crippen LogP contribution in [-0.4, -0.2) is 35.8 Å². The first kappa shape index (κ1) is 16.5. The van der Waals surface area contributed by atoms with Crippen molar-refractivity contribution < 1.29 is 9.59 Å². The van der Waals surface area contributed by atoms with Gasteiger partial charge in [0.25, 0.3) is 5.91 Å². The van der Waals surface area contributed by atoms with Crippen molar-refractivity contribution in [3.05, 3.63) is 22.4 Å². The van der Waals surface area contributed by atoms with E-state index in [1.807, 2.05) is 22.4 Å². The maximum atomic E-state index is 12.5. The lowest BCUT2D eigenvalue weighted by Gasteiger charge is -2.33. The Hall–Kier alpha value is -1.36. The van der Waals surface area contributed by atoms with Crippen molar-refractivity contribution in [2.75, 3.05) is 13.1 Å². The molecule has 2 amide bonds. The largest absolute Gasteiger partial charge is 0.353 e. The molecule has 1 aliphatic heterocycles. The van der Waals surface area contributed by atoms with Crippen molar-refractivity contribution in [1.29, 1.82) is 0 Å². The molecule has 2 atom stereocenters. The molecule has 1 aromatic rings. The van der Waals surface area contributed by atoms with Gasteiger partial charge in [0.2, 0.25) is 5.91 Å². The Labute approximate surface area is 142 Å². The number of carbonyl (C=O) groups is 2. The third kappa shape index (κ3) is 4.14. The smallest absolute Gasteiger partial charge is 0.263 e. The van der Waals surface area contributed by atoms with Gasteiger partial charge >= 0.3 is 0 Å². The van der Waals surface area contributed by atoms with Gasteiger partial charge in [-0.2, -0.15) is 0 Å². The Kier molecular flexibility index (Phi) is 5.36. The standard InChI is InChI=1S/C18H26N2O2S/c1-13-4-2-5-15(12-13)19-17(21)14-7-9-20(10-8-14)18(22)16-6-3-11-23-16/h3,6,11,13-15H,2,4-5,7-10,12H2,1H3,(H,19,21). The molecule has 0 aromatic carbocycles. The van der Waals surface area contributed by atoms with Gasteiger partial charge in [0.15, 0.2) is 0 Å². The zero-order chi connectivity index (χ0) is 16.2. The van der Waals surface area contributed by atoms with Crippen molar-refractivity contribution in [3.8, 4) is 0 Å². The van der Waals surface area contributed by atoms with Crippen LogP contribution in [0, 0.1) is 11.8 Å². The number of thiophene rings is 1. The first-order valence-corrected chi connectivity index (χ1v) is 9.64. The zero-order valence-corrected chi connectivity index (χ0v) is 14.6. The molecule has 1 saturated carbocycles. The molecule has 2 fully saturated rings. The monoisotopic (exact) mass is 334 g/mol. The number of nitrogens with one attached hydrogen (secondary N) is 1. The van der Waals surface area contributed by atoms with E-state index in [4.69, 9.17) is 0 Å². The molecule has 2 unspecified atom stereocenters. The molecule has 0 radical (unpaired) electrons. The number of hydrogen-bond acceptors (Lipinski definition) is 3. The molecule has 3 rings (SSSR count). The Morgan fingerprint density at radius 3 is 2.65 bits per heavy atom. The van der Waals surface area contributed by atoms with Crippen LogP contribution in [0.1, 0.15) is 55.1 Å². The summed E-state index contributed by atoms with van der Waals surface area (Å²) in [6, 6.07) is 4.14. The van der Waals surface area contributed by atoms with Crippen LogP contribution in [-0.2, 0) is 4.79 Å². The quantitative estimate of drug-likeness (QED) is 0.922. The molecular weight excluding hydrogens is 308 g/mol. The van der Waals surface area contributed by atoms with Crippen molar-refractivity contribution in [2.45, 2.75) is 51.5 Å². The number of nitrogens with zero attached hydrogens (tertiary/aromatic N) is 1. The van der Waals surface area contributed by atoms with Crippen molar-refractivity contribution in [2.24, 2.45) is 11.8 Å². The summed E-state index contributed by atoms with van der Waals surface area (Å²) >= 11 is 1.48. The van der Waals surface area contributed by atoms with Crippen molar-refractivity contribution >= 4 is 23.2 Å². The Balaban J connectivity index is 1.46. The lowest BCUT2D eigenvalue weighted by Crippen LogP contribution is -2.46. The van der Waals surface area contributed by atoms with E-state index < -0.39 is 0 Å². The van der Waals surface area contributed by atoms with Crippen LogP contribution >= 0.6 is 11.3 Å². The summed E-state index contributed by atoms with van der Waals surface area (Å²) in [5, 5.41) is 5.18. The van der Waals surface area contributed by atoms with Gasteiger partial charge in [0.05, 0.1) is 4.88 Å². The maximum absolute atomic E-state index is 12.5. The maximum Gasteiger partial charge on any atom is 0.263 e. The van der Waals surface area contributed by atoms with E-state index >= 15 is 0 Å². The van der Waals surface area contributed by atoms with Crippen molar-refractivity contribution in [1.82, 2.24) is 10.2 Å². The number of carbonyl (C=O) groups excluding carboxylic acids is 2. The molecule has 0 spiro atoms. The fourth-order valence-corrected chi connectivity index (χ4v) is 4.48. The van der Waals surface area contributed by atoms with Crippen LogP contribution in [0.25, 0.3) is 0 Å². The molecule has 23 heavy (non-hydrogen) atoms. The summed E-state index contributed by atoms with van der Waals surface area (Å²) in [4.78, 5) is 27.5. The molecule has 1 aromatic heterocycles. The lowest BCUT2D eigenvalue weighted by molar-refractivity contribution is -0.127. The van der Waals surface area contributed by atoms with E-state index in [-0.39, 0.29) is 17.7 Å². The summed E-state index contributed by atoms with van der Waals surface area (Å²) < 4.78 is 0. The highest BCUT2D eigenvalue weighted by Crippen LogP contribution is 2.25. The molecule has 1 aliphatic carbocycles. The zero-order valence-electron chi connectivity index (χ0n) is 13.8. The van der Waals surface area contributed by atoms with Gasteiger partial charge in [-0.05, 0) is 43.0 Å². The fraction of sp³-hybridized carbons (Fsp3) is 0.667. The van der Waals surface area contributed by atoms with E-state index in [0.717, 1.165) is 36.5 Å². The lowest BCUT2D eigenvalue weighted by atomic mass is 9.86. The topological polar surface area (TPSA) is 49.4 Å². The molecular formula is C18H26N2O2S. The predicted octanol–water partition coefficient (Wildman–Crippen LogP) is 3.30. The second kappa shape index (κ2) is 7.47. The number of hydrogen-bond donors (Lipinski definition) is 1. The normalized spacial score (nSPS) is 26.0. The van der Waals surface area contributed by atoms with E-state index in [0.29, 0.717) is 19.1 Å². The minimum Gasteiger partial charge on any atom is -0.353 e. The summed E-state index contributed by atoms with van der Waals surface area (Å²) in [7, 11) is 0. The molecule has 0 bridgehead atoms. The van der Waals surface area contributed by atoms with Gasteiger partial charge in [-0.1, -0.05) is 25.8 Å². The van der Waals surface area contributed by atoms with Crippen LogP contribution in [0.5, 0.6) is 0 Å². The van der Waals surface area contributed by atoms with Gasteiger partial charge in [0.1, 0.15) is 0 Å². The van der Waals surface area contributed by atoms with Gasteiger partial charge in [-0.3, -0.25) is 9.59 Å². The van der Waals surface area contributed by atoms with Crippen LogP contribution in [0.3, 0.4) is 0 Å². The second-order valence-corrected chi connectivity index (χ2v) is 7.97. The first-order valence-electron chi connectivity index (χ1n) is 8.76. The highest BCUT2D eigenvalue weighted by Gasteiger charge is 2.30. The number of amides is 2. The van der Waals surface area contributed by atoms with Gasteiger partial charge < -0.3 is 10.2 Å². The molecule has 126 valence electrons. The average molecular weight is 334 g/mol. The van der Waals surface area contributed by atoms with Crippen LogP contribution in [0.2, 0.25) is 0 Å². The van der Waals surface area contributed by atoms with E-state index in [1.54, 1.807) is 0 Å². The SMILES string of the molecule is CC1CCCC(NC(=O)C2CCN(C(=O)c3cccs3)CC2)C1. The summed E-state index contributed by atoms with van der Waals surface area (Å²) in [6.45, 7) is 3.65. The van der Waals surface area contributed by atoms with E-state index in [9.17, 15) is 9.59 Å². The van der Waals surface area contributed by atoms with Crippen LogP contribution in [0.15, 0.2) is 17.5 Å². The fourth-order valence-electron chi connectivity index (χ4n) is 3.79. The number of likely N-dealkylation sites (tertiary alicyclic amines) is 1. The highest BCUT2D eigenvalue weighted by molar-refractivity contribution is 7.12. The van der Waals surface area contributed by atoms with Gasteiger partial charge in [0, 0.05) is 25.0 Å². The first-order chi connectivity index (χ1) is 11.1. The highest BCUT2D eigenvalue weighted by atomic mass is 32.1. The molecule has 1 N–H and O–H groups in total. The minimum atomic E-state index is 0.0691. The number of piperidine rings is 1. The summed E-state index contributed by atoms with van der Waals surface area (Å²) in [5.41, 5.74) is 0. The average Bonchev–Trinajstić information content (AvgIpc) is 3.09. The Morgan fingerprint density at radius 2 is 2.00 bits per heavy atom. The third-order valence-corrected chi connectivity index (χ3v) is 6.03. The minimum absolute atomic E-state index is 0.0691. The molecule has 1 saturated heterocycles. The third-order valence-electron chi connectivity index (χ3n) is 5.17. The van der Waals surface area contributed by atoms with Crippen molar-refractivity contribution in [3.63, 3.8) is 0 Å². The van der Waals surface area contributed by atoms with Crippen LogP contribution in [0.4, 0.5) is 0 Å². The molecule has 2 heterocycles. The Morgan fingerprint density at radius 1 is 1.22 bits per heavy atom. The van der Waals surface area contributed by atoms with Gasteiger partial charge in [-0.25, -0.2) is 0 Å². The van der Waals surface area contributed by atoms with E-state index in [1.165, 1.54) is 24.2 Å². The Bertz CT molecular complexity index is 535. The second-order valence-electron chi connectivity index (χ2n) is 7.02. The van der Waals surface area contributed by atoms with Crippen LogP contribution < -0.4 is 5.32 Å². The summed E-state index contributed by atoms with van der Waals surface area (Å²) in [5.74, 6) is 1.10. The number of rotatable bonds is 3. The molecule has 4 nitrogen and oxygen atoms in total. The molecule has 2 aliphatic rings. The van der Waals surface area contributed by atoms with Gasteiger partial charge in [-0.15, -0.1) is 11.3 Å². The molecule has 5 heteroatoms. The summed E-state index contributed by atoms with van der Waals surface area (Å²) in [6.07, 6.45) is 6.30. The predicted molar refractivity (Wildman–Crippen MR) is 92.5 cm³/mol.